The predicted molar refractivity (Wildman–Crippen MR) is 67.3 cm³/mol. The average molecular weight is 265 g/mol. The van der Waals surface area contributed by atoms with Crippen LogP contribution < -0.4 is 11.3 Å². The van der Waals surface area contributed by atoms with Gasteiger partial charge in [-0.25, -0.2) is 4.98 Å². The number of anilines is 1. The summed E-state index contributed by atoms with van der Waals surface area (Å²) >= 11 is 0. The SMILES string of the molecule is Nc1nc2ncn(C[C@]3(CO)CC3CO)c2c(=O)[nH]1. The molecule has 2 atom stereocenters. The van der Waals surface area contributed by atoms with Gasteiger partial charge in [0.1, 0.15) is 0 Å². The van der Waals surface area contributed by atoms with Gasteiger partial charge in [0.2, 0.25) is 5.95 Å². The Bertz CT molecular complexity index is 679. The second-order valence-corrected chi connectivity index (χ2v) is 5.10. The fraction of sp³-hybridized carbons (Fsp3) is 0.545. The summed E-state index contributed by atoms with van der Waals surface area (Å²) in [5, 5.41) is 18.6. The first kappa shape index (κ1) is 12.1. The lowest BCUT2D eigenvalue weighted by Gasteiger charge is -2.14. The molecular weight excluding hydrogens is 250 g/mol. The summed E-state index contributed by atoms with van der Waals surface area (Å²) in [7, 11) is 0. The second-order valence-electron chi connectivity index (χ2n) is 5.10. The third-order valence-corrected chi connectivity index (χ3v) is 3.88. The van der Waals surface area contributed by atoms with Crippen LogP contribution in [0.2, 0.25) is 0 Å². The van der Waals surface area contributed by atoms with E-state index in [1.807, 2.05) is 0 Å². The monoisotopic (exact) mass is 265 g/mol. The van der Waals surface area contributed by atoms with Gasteiger partial charge in [0.05, 0.1) is 12.9 Å². The zero-order chi connectivity index (χ0) is 13.6. The van der Waals surface area contributed by atoms with Crippen LogP contribution in [-0.2, 0) is 6.54 Å². The number of nitrogen functional groups attached to an aromatic ring is 1. The largest absolute Gasteiger partial charge is 0.396 e. The number of aliphatic hydroxyl groups is 2. The van der Waals surface area contributed by atoms with Crippen molar-refractivity contribution in [2.75, 3.05) is 18.9 Å². The molecule has 8 nitrogen and oxygen atoms in total. The predicted octanol–water partition coefficient (Wildman–Crippen LogP) is -1.31. The molecule has 2 heterocycles. The second kappa shape index (κ2) is 4.04. The zero-order valence-electron chi connectivity index (χ0n) is 10.2. The molecule has 5 N–H and O–H groups in total. The molecule has 3 rings (SSSR count). The maximum Gasteiger partial charge on any atom is 0.278 e. The van der Waals surface area contributed by atoms with Gasteiger partial charge < -0.3 is 20.5 Å². The molecule has 1 unspecified atom stereocenters. The quantitative estimate of drug-likeness (QED) is 0.543. The maximum absolute atomic E-state index is 11.9. The van der Waals surface area contributed by atoms with E-state index in [0.717, 1.165) is 6.42 Å². The van der Waals surface area contributed by atoms with E-state index in [0.29, 0.717) is 12.1 Å². The molecule has 1 saturated carbocycles. The van der Waals surface area contributed by atoms with Crippen molar-refractivity contribution in [1.82, 2.24) is 19.5 Å². The topological polar surface area (TPSA) is 130 Å². The van der Waals surface area contributed by atoms with Crippen molar-refractivity contribution in [2.24, 2.45) is 11.3 Å². The number of nitrogens with zero attached hydrogens (tertiary/aromatic N) is 3. The van der Waals surface area contributed by atoms with E-state index in [1.165, 1.54) is 6.33 Å². The number of H-pyrrole nitrogens is 1. The standard InChI is InChI=1S/C11H15N5O3/c12-10-14-8-7(9(19)15-10)16(5-13-8)3-11(4-18)1-6(11)2-17/h5-6,17-18H,1-4H2,(H3,12,14,15,19)/t6?,11-/m0/s1. The van der Waals surface area contributed by atoms with Crippen LogP contribution in [0, 0.1) is 11.3 Å². The number of aromatic nitrogens is 4. The Hall–Kier alpha value is -1.93. The summed E-state index contributed by atoms with van der Waals surface area (Å²) in [6.07, 6.45) is 2.25. The molecule has 2 aromatic rings. The number of nitrogens with one attached hydrogen (secondary N) is 1. The van der Waals surface area contributed by atoms with Gasteiger partial charge >= 0.3 is 0 Å². The van der Waals surface area contributed by atoms with Gasteiger partial charge in [0, 0.05) is 18.6 Å². The lowest BCUT2D eigenvalue weighted by molar-refractivity contribution is 0.159. The number of fused-ring (bicyclic) bond motifs is 1. The molecule has 102 valence electrons. The lowest BCUT2D eigenvalue weighted by atomic mass is 10.1. The lowest BCUT2D eigenvalue weighted by Crippen LogP contribution is -2.22. The van der Waals surface area contributed by atoms with Gasteiger partial charge in [-0.1, -0.05) is 0 Å². The van der Waals surface area contributed by atoms with Crippen molar-refractivity contribution < 1.29 is 10.2 Å². The molecule has 2 aromatic heterocycles. The Balaban J connectivity index is 2.01. The summed E-state index contributed by atoms with van der Waals surface area (Å²) < 4.78 is 1.66. The van der Waals surface area contributed by atoms with Crippen LogP contribution in [0.15, 0.2) is 11.1 Å². The maximum atomic E-state index is 11.9. The highest BCUT2D eigenvalue weighted by Crippen LogP contribution is 2.53. The molecule has 19 heavy (non-hydrogen) atoms. The molecule has 1 fully saturated rings. The van der Waals surface area contributed by atoms with Crippen LogP contribution in [0.4, 0.5) is 5.95 Å². The van der Waals surface area contributed by atoms with Gasteiger partial charge in [-0.2, -0.15) is 4.98 Å². The number of aromatic amines is 1. The van der Waals surface area contributed by atoms with E-state index < -0.39 is 0 Å². The van der Waals surface area contributed by atoms with E-state index in [-0.39, 0.29) is 41.7 Å². The number of hydrogen-bond acceptors (Lipinski definition) is 6. The van der Waals surface area contributed by atoms with Crippen molar-refractivity contribution in [2.45, 2.75) is 13.0 Å². The molecule has 0 spiro atoms. The molecular formula is C11H15N5O3. The van der Waals surface area contributed by atoms with Gasteiger partial charge in [-0.3, -0.25) is 9.78 Å². The van der Waals surface area contributed by atoms with Crippen LogP contribution in [0.3, 0.4) is 0 Å². The number of rotatable bonds is 4. The minimum absolute atomic E-state index is 0.0271. The molecule has 0 radical (unpaired) electrons. The average Bonchev–Trinajstić information content (AvgIpc) is 2.94. The summed E-state index contributed by atoms with van der Waals surface area (Å²) in [6.45, 7) is 0.437. The third kappa shape index (κ3) is 1.80. The molecule has 0 amide bonds. The normalized spacial score (nSPS) is 25.9. The van der Waals surface area contributed by atoms with E-state index in [2.05, 4.69) is 15.0 Å². The minimum Gasteiger partial charge on any atom is -0.396 e. The van der Waals surface area contributed by atoms with Crippen molar-refractivity contribution in [3.63, 3.8) is 0 Å². The summed E-state index contributed by atoms with van der Waals surface area (Å²) in [4.78, 5) is 22.3. The van der Waals surface area contributed by atoms with Crippen LogP contribution in [0.5, 0.6) is 0 Å². The number of nitrogens with two attached hydrogens (primary N) is 1. The Morgan fingerprint density at radius 3 is 3.00 bits per heavy atom. The number of hydrogen-bond donors (Lipinski definition) is 4. The fourth-order valence-electron chi connectivity index (χ4n) is 2.59. The van der Waals surface area contributed by atoms with Crippen LogP contribution in [-0.4, -0.2) is 42.9 Å². The highest BCUT2D eigenvalue weighted by molar-refractivity contribution is 5.70. The third-order valence-electron chi connectivity index (χ3n) is 3.88. The van der Waals surface area contributed by atoms with E-state index in [1.54, 1.807) is 4.57 Å². The van der Waals surface area contributed by atoms with Gasteiger partial charge in [-0.05, 0) is 12.3 Å². The Morgan fingerprint density at radius 1 is 1.58 bits per heavy atom. The van der Waals surface area contributed by atoms with Crippen molar-refractivity contribution >= 4 is 17.1 Å². The molecule has 8 heteroatoms. The zero-order valence-corrected chi connectivity index (χ0v) is 10.2. The molecule has 0 aromatic carbocycles. The van der Waals surface area contributed by atoms with Crippen LogP contribution in [0.25, 0.3) is 11.2 Å². The van der Waals surface area contributed by atoms with E-state index in [9.17, 15) is 15.0 Å². The van der Waals surface area contributed by atoms with Gasteiger partial charge in [-0.15, -0.1) is 0 Å². The van der Waals surface area contributed by atoms with Gasteiger partial charge in [0.15, 0.2) is 11.2 Å². The fourth-order valence-corrected chi connectivity index (χ4v) is 2.59. The molecule has 1 aliphatic rings. The van der Waals surface area contributed by atoms with Crippen molar-refractivity contribution in [1.29, 1.82) is 0 Å². The van der Waals surface area contributed by atoms with Crippen LogP contribution in [0.1, 0.15) is 6.42 Å². The van der Waals surface area contributed by atoms with Gasteiger partial charge in [0.25, 0.3) is 5.56 Å². The first-order valence-corrected chi connectivity index (χ1v) is 6.02. The Morgan fingerprint density at radius 2 is 2.37 bits per heavy atom. The number of imidazole rings is 1. The van der Waals surface area contributed by atoms with E-state index in [4.69, 9.17) is 5.73 Å². The molecule has 0 aliphatic heterocycles. The number of aliphatic hydroxyl groups excluding tert-OH is 2. The van der Waals surface area contributed by atoms with Crippen LogP contribution >= 0.6 is 0 Å². The highest BCUT2D eigenvalue weighted by atomic mass is 16.3. The Kier molecular flexibility index (Phi) is 2.58. The van der Waals surface area contributed by atoms with Crippen molar-refractivity contribution in [3.05, 3.63) is 16.7 Å². The van der Waals surface area contributed by atoms with Crippen molar-refractivity contribution in [3.8, 4) is 0 Å². The highest BCUT2D eigenvalue weighted by Gasteiger charge is 2.53. The summed E-state index contributed by atoms with van der Waals surface area (Å²) in [5.41, 5.74) is 5.36. The first-order chi connectivity index (χ1) is 9.09. The summed E-state index contributed by atoms with van der Waals surface area (Å²) in [6, 6.07) is 0. The summed E-state index contributed by atoms with van der Waals surface area (Å²) in [5.74, 6) is 0.0926. The smallest absolute Gasteiger partial charge is 0.278 e. The molecule has 1 aliphatic carbocycles. The Labute approximate surface area is 107 Å². The van der Waals surface area contributed by atoms with E-state index >= 15 is 0 Å². The first-order valence-electron chi connectivity index (χ1n) is 6.02. The molecule has 0 bridgehead atoms. The minimum atomic E-state index is -0.365. The molecule has 0 saturated heterocycles.